The van der Waals surface area contributed by atoms with Crippen LogP contribution in [0.2, 0.25) is 5.02 Å². The third kappa shape index (κ3) is 3.98. The SMILES string of the molecule is O=C(N[C@H](c1ccccc1)c1cccc(Cl)c1)C(F)(F)F. The second-order valence-corrected chi connectivity index (χ2v) is 4.81. The van der Waals surface area contributed by atoms with Gasteiger partial charge >= 0.3 is 12.1 Å². The standard InChI is InChI=1S/C15H11ClF3NO/c16-12-8-4-7-11(9-12)13(10-5-2-1-3-6-10)20-14(21)15(17,18)19/h1-9,13H,(H,20,21)/t13-/m1/s1. The number of carbonyl (C=O) groups is 1. The molecule has 0 spiro atoms. The third-order valence-corrected chi connectivity index (χ3v) is 3.08. The average Bonchev–Trinajstić information content (AvgIpc) is 2.44. The number of hydrogen-bond donors (Lipinski definition) is 1. The van der Waals surface area contributed by atoms with Gasteiger partial charge in [0.25, 0.3) is 0 Å². The molecule has 0 aliphatic heterocycles. The molecule has 0 aromatic heterocycles. The van der Waals surface area contributed by atoms with Crippen molar-refractivity contribution in [1.29, 1.82) is 0 Å². The minimum atomic E-state index is -4.94. The van der Waals surface area contributed by atoms with Crippen molar-refractivity contribution in [2.24, 2.45) is 0 Å². The van der Waals surface area contributed by atoms with Crippen LogP contribution >= 0.6 is 11.6 Å². The zero-order valence-electron chi connectivity index (χ0n) is 10.7. The molecule has 1 N–H and O–H groups in total. The van der Waals surface area contributed by atoms with E-state index in [1.165, 1.54) is 6.07 Å². The number of carbonyl (C=O) groups excluding carboxylic acids is 1. The Balaban J connectivity index is 2.38. The van der Waals surface area contributed by atoms with E-state index in [9.17, 15) is 18.0 Å². The largest absolute Gasteiger partial charge is 0.471 e. The van der Waals surface area contributed by atoms with Gasteiger partial charge in [0.1, 0.15) is 0 Å². The maximum absolute atomic E-state index is 12.5. The van der Waals surface area contributed by atoms with Crippen molar-refractivity contribution in [3.05, 3.63) is 70.7 Å². The first-order valence-corrected chi connectivity index (χ1v) is 6.44. The van der Waals surface area contributed by atoms with Crippen molar-refractivity contribution in [2.75, 3.05) is 0 Å². The van der Waals surface area contributed by atoms with Crippen LogP contribution in [-0.2, 0) is 4.79 Å². The van der Waals surface area contributed by atoms with Crippen LogP contribution in [0.3, 0.4) is 0 Å². The molecule has 0 aliphatic carbocycles. The highest BCUT2D eigenvalue weighted by Crippen LogP contribution is 2.26. The fourth-order valence-electron chi connectivity index (χ4n) is 1.90. The normalized spacial score (nSPS) is 12.8. The fourth-order valence-corrected chi connectivity index (χ4v) is 2.10. The second kappa shape index (κ2) is 6.18. The first-order valence-electron chi connectivity index (χ1n) is 6.06. The lowest BCUT2D eigenvalue weighted by Gasteiger charge is -2.20. The molecule has 0 aliphatic rings. The molecule has 6 heteroatoms. The van der Waals surface area contributed by atoms with Crippen molar-refractivity contribution in [2.45, 2.75) is 12.2 Å². The van der Waals surface area contributed by atoms with Crippen molar-refractivity contribution in [1.82, 2.24) is 5.32 Å². The Morgan fingerprint density at radius 1 is 1.00 bits per heavy atom. The van der Waals surface area contributed by atoms with E-state index in [0.717, 1.165) is 0 Å². The summed E-state index contributed by atoms with van der Waals surface area (Å²) in [7, 11) is 0. The first kappa shape index (κ1) is 15.4. The van der Waals surface area contributed by atoms with Gasteiger partial charge in [0.15, 0.2) is 0 Å². The number of hydrogen-bond acceptors (Lipinski definition) is 1. The molecule has 2 rings (SSSR count). The fraction of sp³-hybridized carbons (Fsp3) is 0.133. The monoisotopic (exact) mass is 313 g/mol. The molecule has 2 aromatic carbocycles. The maximum atomic E-state index is 12.5. The van der Waals surface area contributed by atoms with E-state index < -0.39 is 18.1 Å². The minimum absolute atomic E-state index is 0.384. The van der Waals surface area contributed by atoms with Gasteiger partial charge < -0.3 is 5.32 Å². The van der Waals surface area contributed by atoms with Gasteiger partial charge in [-0.25, -0.2) is 0 Å². The molecule has 0 unspecified atom stereocenters. The Morgan fingerprint density at radius 2 is 1.62 bits per heavy atom. The van der Waals surface area contributed by atoms with Gasteiger partial charge in [-0.2, -0.15) is 13.2 Å². The average molecular weight is 314 g/mol. The van der Waals surface area contributed by atoms with E-state index >= 15 is 0 Å². The minimum Gasteiger partial charge on any atom is -0.337 e. The summed E-state index contributed by atoms with van der Waals surface area (Å²) in [6.45, 7) is 0. The Morgan fingerprint density at radius 3 is 2.19 bits per heavy atom. The lowest BCUT2D eigenvalue weighted by Crippen LogP contribution is -2.39. The summed E-state index contributed by atoms with van der Waals surface area (Å²) in [5.41, 5.74) is 1.02. The number of nitrogens with one attached hydrogen (secondary N) is 1. The molecule has 0 radical (unpaired) electrons. The Bertz CT molecular complexity index is 628. The topological polar surface area (TPSA) is 29.1 Å². The Kier molecular flexibility index (Phi) is 4.53. The van der Waals surface area contributed by atoms with Gasteiger partial charge in [-0.1, -0.05) is 54.1 Å². The lowest BCUT2D eigenvalue weighted by atomic mass is 9.98. The van der Waals surface area contributed by atoms with Crippen LogP contribution in [0.4, 0.5) is 13.2 Å². The highest BCUT2D eigenvalue weighted by molar-refractivity contribution is 6.30. The molecule has 110 valence electrons. The summed E-state index contributed by atoms with van der Waals surface area (Å²) in [4.78, 5) is 11.2. The van der Waals surface area contributed by atoms with Gasteiger partial charge in [-0.15, -0.1) is 0 Å². The summed E-state index contributed by atoms with van der Waals surface area (Å²) in [6, 6.07) is 13.8. The highest BCUT2D eigenvalue weighted by atomic mass is 35.5. The van der Waals surface area contributed by atoms with E-state index in [1.54, 1.807) is 48.5 Å². The summed E-state index contributed by atoms with van der Waals surface area (Å²) in [6.07, 6.45) is -4.94. The highest BCUT2D eigenvalue weighted by Gasteiger charge is 2.40. The second-order valence-electron chi connectivity index (χ2n) is 4.37. The van der Waals surface area contributed by atoms with Crippen molar-refractivity contribution in [3.63, 3.8) is 0 Å². The molecule has 1 amide bonds. The molecular weight excluding hydrogens is 303 g/mol. The van der Waals surface area contributed by atoms with Crippen LogP contribution in [0.25, 0.3) is 0 Å². The van der Waals surface area contributed by atoms with E-state index in [-0.39, 0.29) is 0 Å². The van der Waals surface area contributed by atoms with Crippen molar-refractivity contribution < 1.29 is 18.0 Å². The quantitative estimate of drug-likeness (QED) is 0.908. The van der Waals surface area contributed by atoms with Gasteiger partial charge in [0.05, 0.1) is 6.04 Å². The van der Waals surface area contributed by atoms with Crippen LogP contribution < -0.4 is 5.32 Å². The first-order chi connectivity index (χ1) is 9.88. The smallest absolute Gasteiger partial charge is 0.337 e. The summed E-state index contributed by atoms with van der Waals surface area (Å²) >= 11 is 5.87. The summed E-state index contributed by atoms with van der Waals surface area (Å²) in [5.74, 6) is -1.99. The van der Waals surface area contributed by atoms with Gasteiger partial charge in [0, 0.05) is 5.02 Å². The zero-order valence-corrected chi connectivity index (χ0v) is 11.4. The van der Waals surface area contributed by atoms with Crippen LogP contribution in [0.5, 0.6) is 0 Å². The lowest BCUT2D eigenvalue weighted by molar-refractivity contribution is -0.174. The molecule has 2 nitrogen and oxygen atoms in total. The van der Waals surface area contributed by atoms with E-state index in [1.807, 2.05) is 5.32 Å². The zero-order chi connectivity index (χ0) is 15.5. The molecule has 1 atom stereocenters. The van der Waals surface area contributed by atoms with Crippen molar-refractivity contribution >= 4 is 17.5 Å². The molecule has 21 heavy (non-hydrogen) atoms. The molecule has 0 saturated heterocycles. The van der Waals surface area contributed by atoms with Gasteiger partial charge in [0.2, 0.25) is 0 Å². The summed E-state index contributed by atoms with van der Waals surface area (Å²) < 4.78 is 37.4. The maximum Gasteiger partial charge on any atom is 0.471 e. The number of benzene rings is 2. The molecule has 0 saturated carbocycles. The molecule has 0 heterocycles. The van der Waals surface area contributed by atoms with E-state index in [2.05, 4.69) is 0 Å². The molecule has 0 bridgehead atoms. The van der Waals surface area contributed by atoms with E-state index in [0.29, 0.717) is 16.1 Å². The predicted molar refractivity (Wildman–Crippen MR) is 73.9 cm³/mol. The van der Waals surface area contributed by atoms with Crippen molar-refractivity contribution in [3.8, 4) is 0 Å². The van der Waals surface area contributed by atoms with E-state index in [4.69, 9.17) is 11.6 Å². The Labute approximate surface area is 124 Å². The third-order valence-electron chi connectivity index (χ3n) is 2.85. The van der Waals surface area contributed by atoms with Gasteiger partial charge in [-0.3, -0.25) is 4.79 Å². The number of amides is 1. The van der Waals surface area contributed by atoms with Crippen LogP contribution in [0, 0.1) is 0 Å². The number of alkyl halides is 3. The number of halogens is 4. The Hall–Kier alpha value is -2.01. The molecule has 0 fully saturated rings. The molecular formula is C15H11ClF3NO. The predicted octanol–water partition coefficient (Wildman–Crippen LogP) is 4.11. The van der Waals surface area contributed by atoms with Crippen LogP contribution in [0.1, 0.15) is 17.2 Å². The number of rotatable bonds is 3. The van der Waals surface area contributed by atoms with Crippen LogP contribution in [-0.4, -0.2) is 12.1 Å². The summed E-state index contributed by atoms with van der Waals surface area (Å²) in [5, 5.41) is 2.38. The van der Waals surface area contributed by atoms with Crippen LogP contribution in [0.15, 0.2) is 54.6 Å². The van der Waals surface area contributed by atoms with Gasteiger partial charge in [-0.05, 0) is 23.3 Å². The molecule has 2 aromatic rings.